The van der Waals surface area contributed by atoms with Gasteiger partial charge >= 0.3 is 0 Å². The van der Waals surface area contributed by atoms with Crippen LogP contribution in [-0.2, 0) is 7.05 Å². The first-order valence-electron chi connectivity index (χ1n) is 8.31. The highest BCUT2D eigenvalue weighted by Gasteiger charge is 2.20. The highest BCUT2D eigenvalue weighted by atomic mass is 32.2. The Balaban J connectivity index is 1.63. The van der Waals surface area contributed by atoms with Crippen molar-refractivity contribution in [1.82, 2.24) is 20.1 Å². The normalized spacial score (nSPS) is 10.6. The fourth-order valence-corrected chi connectivity index (χ4v) is 3.94. The van der Waals surface area contributed by atoms with Crippen molar-refractivity contribution in [2.24, 2.45) is 7.05 Å². The molecule has 1 N–H and O–H groups in total. The van der Waals surface area contributed by atoms with Gasteiger partial charge in [0.15, 0.2) is 5.16 Å². The van der Waals surface area contributed by atoms with Gasteiger partial charge in [-0.15, -0.1) is 22.0 Å². The van der Waals surface area contributed by atoms with E-state index in [1.165, 1.54) is 12.4 Å². The molecule has 0 aliphatic carbocycles. The van der Waals surface area contributed by atoms with Crippen molar-refractivity contribution in [2.45, 2.75) is 14.9 Å². The van der Waals surface area contributed by atoms with Crippen molar-refractivity contribution in [3.63, 3.8) is 0 Å². The summed E-state index contributed by atoms with van der Waals surface area (Å²) in [5, 5.41) is 22.4. The summed E-state index contributed by atoms with van der Waals surface area (Å²) in [6.45, 7) is 0.460. The van der Waals surface area contributed by atoms with Crippen molar-refractivity contribution in [3.8, 4) is 0 Å². The number of aryl methyl sites for hydroxylation is 1. The van der Waals surface area contributed by atoms with Gasteiger partial charge in [0.2, 0.25) is 0 Å². The summed E-state index contributed by atoms with van der Waals surface area (Å²) < 4.78 is 1.67. The molecule has 2 aromatic carbocycles. The van der Waals surface area contributed by atoms with Gasteiger partial charge in [0.05, 0.1) is 9.82 Å². The number of rotatable bonds is 8. The van der Waals surface area contributed by atoms with Crippen LogP contribution in [0.1, 0.15) is 10.4 Å². The van der Waals surface area contributed by atoms with Crippen LogP contribution in [-0.4, -0.2) is 37.9 Å². The van der Waals surface area contributed by atoms with Crippen molar-refractivity contribution in [3.05, 3.63) is 70.5 Å². The number of thioether (sulfide) groups is 1. The van der Waals surface area contributed by atoms with Gasteiger partial charge in [-0.25, -0.2) is 0 Å². The minimum Gasteiger partial charge on any atom is -0.351 e. The van der Waals surface area contributed by atoms with E-state index >= 15 is 0 Å². The Morgan fingerprint density at radius 3 is 2.71 bits per heavy atom. The van der Waals surface area contributed by atoms with E-state index in [4.69, 9.17) is 0 Å². The zero-order valence-corrected chi connectivity index (χ0v) is 16.6. The van der Waals surface area contributed by atoms with Crippen LogP contribution in [0.15, 0.2) is 69.8 Å². The van der Waals surface area contributed by atoms with Gasteiger partial charge in [-0.3, -0.25) is 14.9 Å². The van der Waals surface area contributed by atoms with Gasteiger partial charge in [-0.2, -0.15) is 0 Å². The van der Waals surface area contributed by atoms with Crippen LogP contribution in [0.4, 0.5) is 5.69 Å². The Bertz CT molecular complexity index is 978. The standard InChI is InChI=1S/C18H17N5O3S2/c1-22-12-20-21-18(22)28-16-8-7-13(11-15(16)23(25)26)17(24)19-9-10-27-14-5-3-2-4-6-14/h2-8,11-12H,9-10H2,1H3,(H,19,24). The van der Waals surface area contributed by atoms with E-state index in [1.807, 2.05) is 30.3 Å². The third-order valence-corrected chi connectivity index (χ3v) is 5.82. The summed E-state index contributed by atoms with van der Waals surface area (Å²) in [6, 6.07) is 14.3. The first-order valence-corrected chi connectivity index (χ1v) is 10.1. The summed E-state index contributed by atoms with van der Waals surface area (Å²) in [5.74, 6) is 0.366. The third kappa shape index (κ3) is 5.11. The van der Waals surface area contributed by atoms with Crippen LogP contribution < -0.4 is 5.32 Å². The Labute approximate surface area is 169 Å². The summed E-state index contributed by atoms with van der Waals surface area (Å²) >= 11 is 2.76. The van der Waals surface area contributed by atoms with E-state index in [0.29, 0.717) is 22.3 Å². The van der Waals surface area contributed by atoms with Crippen LogP contribution in [0.5, 0.6) is 0 Å². The fraction of sp³-hybridized carbons (Fsp3) is 0.167. The highest BCUT2D eigenvalue weighted by Crippen LogP contribution is 2.34. The number of carbonyl (C=O) groups is 1. The fourth-order valence-electron chi connectivity index (χ4n) is 2.30. The number of carbonyl (C=O) groups excluding carboxylic acids is 1. The van der Waals surface area contributed by atoms with E-state index in [0.717, 1.165) is 16.7 Å². The number of nitrogens with one attached hydrogen (secondary N) is 1. The predicted molar refractivity (Wildman–Crippen MR) is 108 cm³/mol. The maximum absolute atomic E-state index is 12.3. The Kier molecular flexibility index (Phi) is 6.66. The lowest BCUT2D eigenvalue weighted by molar-refractivity contribution is -0.387. The zero-order chi connectivity index (χ0) is 19.9. The molecule has 28 heavy (non-hydrogen) atoms. The minimum absolute atomic E-state index is 0.140. The number of amides is 1. The van der Waals surface area contributed by atoms with Crippen LogP contribution in [0.3, 0.4) is 0 Å². The Hall–Kier alpha value is -2.85. The smallest absolute Gasteiger partial charge is 0.284 e. The number of aromatic nitrogens is 3. The number of nitro groups is 1. The summed E-state index contributed by atoms with van der Waals surface area (Å²) in [4.78, 5) is 24.8. The van der Waals surface area contributed by atoms with Gasteiger partial charge < -0.3 is 9.88 Å². The molecule has 0 spiro atoms. The molecule has 0 aliphatic heterocycles. The first-order chi connectivity index (χ1) is 13.5. The summed E-state index contributed by atoms with van der Waals surface area (Å²) in [5.41, 5.74) is 0.109. The molecule has 0 radical (unpaired) electrons. The molecule has 0 saturated heterocycles. The molecule has 1 aromatic heterocycles. The Morgan fingerprint density at radius 2 is 2.04 bits per heavy atom. The average Bonchev–Trinajstić information content (AvgIpc) is 3.10. The van der Waals surface area contributed by atoms with E-state index in [-0.39, 0.29) is 17.2 Å². The number of nitro benzene ring substituents is 1. The highest BCUT2D eigenvalue weighted by molar-refractivity contribution is 7.99. The van der Waals surface area contributed by atoms with Gasteiger partial charge in [-0.1, -0.05) is 18.2 Å². The van der Waals surface area contributed by atoms with Gasteiger partial charge in [-0.05, 0) is 36.0 Å². The molecule has 0 saturated carbocycles. The quantitative estimate of drug-likeness (QED) is 0.260. The van der Waals surface area contributed by atoms with Gasteiger partial charge in [0.25, 0.3) is 11.6 Å². The molecule has 8 nitrogen and oxygen atoms in total. The maximum atomic E-state index is 12.3. The van der Waals surface area contributed by atoms with Crippen LogP contribution in [0.25, 0.3) is 0 Å². The van der Waals surface area contributed by atoms with Crippen molar-refractivity contribution < 1.29 is 9.72 Å². The Morgan fingerprint density at radius 1 is 1.25 bits per heavy atom. The molecule has 1 heterocycles. The van der Waals surface area contributed by atoms with E-state index in [1.54, 1.807) is 35.5 Å². The average molecular weight is 416 g/mol. The molecule has 0 atom stereocenters. The molecular formula is C18H17N5O3S2. The van der Waals surface area contributed by atoms with Crippen molar-refractivity contribution in [1.29, 1.82) is 0 Å². The topological polar surface area (TPSA) is 103 Å². The van der Waals surface area contributed by atoms with E-state index in [9.17, 15) is 14.9 Å². The monoisotopic (exact) mass is 415 g/mol. The lowest BCUT2D eigenvalue weighted by Gasteiger charge is -2.07. The molecule has 144 valence electrons. The maximum Gasteiger partial charge on any atom is 0.284 e. The zero-order valence-electron chi connectivity index (χ0n) is 14.9. The predicted octanol–water partition coefficient (Wildman–Crippen LogP) is 3.40. The SMILES string of the molecule is Cn1cnnc1Sc1ccc(C(=O)NCCSc2ccccc2)cc1[N+](=O)[O-]. The molecule has 10 heteroatoms. The molecular weight excluding hydrogens is 398 g/mol. The molecule has 3 rings (SSSR count). The van der Waals surface area contributed by atoms with Gasteiger partial charge in [0.1, 0.15) is 6.33 Å². The second-order valence-electron chi connectivity index (χ2n) is 5.68. The molecule has 0 unspecified atom stereocenters. The largest absolute Gasteiger partial charge is 0.351 e. The van der Waals surface area contributed by atoms with Crippen molar-refractivity contribution >= 4 is 35.1 Å². The molecule has 1 amide bonds. The second kappa shape index (κ2) is 9.38. The first kappa shape index (κ1) is 19.9. The lowest BCUT2D eigenvalue weighted by atomic mass is 10.2. The third-order valence-electron chi connectivity index (χ3n) is 3.69. The summed E-state index contributed by atoms with van der Waals surface area (Å²) in [6.07, 6.45) is 1.52. The molecule has 3 aromatic rings. The number of benzene rings is 2. The molecule has 0 aliphatic rings. The molecule has 0 fully saturated rings. The van der Waals surface area contributed by atoms with Gasteiger partial charge in [0, 0.05) is 35.9 Å². The number of nitrogens with zero attached hydrogens (tertiary/aromatic N) is 4. The van der Waals surface area contributed by atoms with Crippen molar-refractivity contribution in [2.75, 3.05) is 12.3 Å². The lowest BCUT2D eigenvalue weighted by Crippen LogP contribution is -2.25. The number of hydrogen-bond acceptors (Lipinski definition) is 7. The minimum atomic E-state index is -0.499. The summed E-state index contributed by atoms with van der Waals surface area (Å²) in [7, 11) is 1.75. The molecule has 0 bridgehead atoms. The second-order valence-corrected chi connectivity index (χ2v) is 7.86. The van der Waals surface area contributed by atoms with Crippen LogP contribution in [0.2, 0.25) is 0 Å². The van der Waals surface area contributed by atoms with E-state index < -0.39 is 4.92 Å². The number of hydrogen-bond donors (Lipinski definition) is 1. The van der Waals surface area contributed by atoms with E-state index in [2.05, 4.69) is 15.5 Å². The van der Waals surface area contributed by atoms with Crippen LogP contribution >= 0.6 is 23.5 Å². The van der Waals surface area contributed by atoms with Crippen LogP contribution in [0, 0.1) is 10.1 Å².